The molecule has 178 valence electrons. The van der Waals surface area contributed by atoms with Gasteiger partial charge in [0.1, 0.15) is 6.04 Å². The van der Waals surface area contributed by atoms with Crippen molar-refractivity contribution in [2.75, 3.05) is 36.3 Å². The van der Waals surface area contributed by atoms with Crippen molar-refractivity contribution >= 4 is 38.7 Å². The Morgan fingerprint density at radius 2 is 1.52 bits per heavy atom. The van der Waals surface area contributed by atoms with Crippen LogP contribution in [0.2, 0.25) is 0 Å². The van der Waals surface area contributed by atoms with E-state index in [2.05, 4.69) is 16.3 Å². The molecule has 1 aliphatic carbocycles. The number of sulfonamides is 1. The van der Waals surface area contributed by atoms with E-state index in [1.54, 1.807) is 29.2 Å². The van der Waals surface area contributed by atoms with Crippen LogP contribution in [0, 0.1) is 0 Å². The van der Waals surface area contributed by atoms with E-state index < -0.39 is 10.0 Å². The molecule has 7 nitrogen and oxygen atoms in total. The highest BCUT2D eigenvalue weighted by molar-refractivity contribution is 7.89. The molecule has 2 aromatic carbocycles. The maximum atomic E-state index is 13.0. The lowest BCUT2D eigenvalue weighted by Gasteiger charge is -2.44. The molecule has 2 aliphatic rings. The molecule has 0 spiro atoms. The average molecular weight is 471 g/mol. The molecule has 1 atom stereocenters. The van der Waals surface area contributed by atoms with Crippen molar-refractivity contribution < 1.29 is 13.2 Å². The average Bonchev–Trinajstić information content (AvgIpc) is 3.07. The number of nitrogens with zero attached hydrogens (tertiary/aromatic N) is 3. The van der Waals surface area contributed by atoms with Crippen molar-refractivity contribution in [3.05, 3.63) is 42.5 Å². The summed E-state index contributed by atoms with van der Waals surface area (Å²) in [5.41, 5.74) is 3.72. The quantitative estimate of drug-likeness (QED) is 0.648. The van der Waals surface area contributed by atoms with Gasteiger partial charge in [-0.1, -0.05) is 25.7 Å². The fourth-order valence-corrected chi connectivity index (χ4v) is 5.86. The van der Waals surface area contributed by atoms with Crippen LogP contribution in [0.4, 0.5) is 22.7 Å². The summed E-state index contributed by atoms with van der Waals surface area (Å²) < 4.78 is 25.9. The summed E-state index contributed by atoms with van der Waals surface area (Å²) in [6.07, 6.45) is 7.16. The Morgan fingerprint density at radius 3 is 2.12 bits per heavy atom. The van der Waals surface area contributed by atoms with Crippen LogP contribution in [0.15, 0.2) is 47.4 Å². The number of anilines is 4. The van der Waals surface area contributed by atoms with E-state index in [4.69, 9.17) is 0 Å². The Kier molecular flexibility index (Phi) is 6.68. The van der Waals surface area contributed by atoms with E-state index in [9.17, 15) is 13.2 Å². The van der Waals surface area contributed by atoms with Gasteiger partial charge in [0.2, 0.25) is 15.9 Å². The van der Waals surface area contributed by atoms with Crippen LogP contribution in [0.3, 0.4) is 0 Å². The first-order valence-electron chi connectivity index (χ1n) is 11.7. The van der Waals surface area contributed by atoms with Crippen molar-refractivity contribution in [2.45, 2.75) is 62.4 Å². The maximum absolute atomic E-state index is 13.0. The third-order valence-electron chi connectivity index (χ3n) is 6.86. The molecule has 2 aromatic rings. The van der Waals surface area contributed by atoms with Crippen molar-refractivity contribution in [3.8, 4) is 0 Å². The van der Waals surface area contributed by atoms with Gasteiger partial charge in [-0.2, -0.15) is 0 Å². The highest BCUT2D eigenvalue weighted by Crippen LogP contribution is 2.41. The van der Waals surface area contributed by atoms with Crippen LogP contribution in [-0.4, -0.2) is 51.9 Å². The first-order valence-corrected chi connectivity index (χ1v) is 13.1. The second kappa shape index (κ2) is 9.35. The minimum Gasteiger partial charge on any atom is -0.355 e. The van der Waals surface area contributed by atoms with Gasteiger partial charge in [0.15, 0.2) is 0 Å². The van der Waals surface area contributed by atoms with Crippen LogP contribution >= 0.6 is 0 Å². The van der Waals surface area contributed by atoms with Crippen molar-refractivity contribution in [1.29, 1.82) is 0 Å². The first-order chi connectivity index (χ1) is 15.7. The molecule has 8 heteroatoms. The van der Waals surface area contributed by atoms with Gasteiger partial charge in [0, 0.05) is 38.6 Å². The highest BCUT2D eigenvalue weighted by Gasteiger charge is 2.37. The number of hydrogen-bond donors (Lipinski definition) is 1. The van der Waals surface area contributed by atoms with Crippen LogP contribution in [0.5, 0.6) is 0 Å². The van der Waals surface area contributed by atoms with Gasteiger partial charge < -0.3 is 15.1 Å². The molecule has 1 unspecified atom stereocenters. The summed E-state index contributed by atoms with van der Waals surface area (Å²) >= 11 is 0. The van der Waals surface area contributed by atoms with Gasteiger partial charge in [-0.05, 0) is 62.2 Å². The van der Waals surface area contributed by atoms with E-state index in [-0.39, 0.29) is 16.8 Å². The Bertz CT molecular complexity index is 1110. The Hall–Kier alpha value is -2.58. The SMILES string of the molecule is CC1C(=O)N(C)c2ccc(Nc3ccc(S(=O)(=O)N(C)C)cc3)cc2N1C1CCCCCC1. The van der Waals surface area contributed by atoms with Gasteiger partial charge in [0.05, 0.1) is 16.3 Å². The third kappa shape index (κ3) is 4.59. The summed E-state index contributed by atoms with van der Waals surface area (Å²) in [6.45, 7) is 2.01. The summed E-state index contributed by atoms with van der Waals surface area (Å²) in [5.74, 6) is 0.130. The summed E-state index contributed by atoms with van der Waals surface area (Å²) in [6, 6.07) is 13.0. The topological polar surface area (TPSA) is 73.0 Å². The molecule has 1 heterocycles. The minimum atomic E-state index is -3.46. The van der Waals surface area contributed by atoms with E-state index >= 15 is 0 Å². The molecule has 0 radical (unpaired) electrons. The third-order valence-corrected chi connectivity index (χ3v) is 8.69. The number of nitrogens with one attached hydrogen (secondary N) is 1. The number of carbonyl (C=O) groups excluding carboxylic acids is 1. The second-order valence-corrected chi connectivity index (χ2v) is 11.4. The van der Waals surface area contributed by atoms with Crippen LogP contribution < -0.4 is 15.1 Å². The molecule has 0 aromatic heterocycles. The normalized spacial score (nSPS) is 20.0. The largest absolute Gasteiger partial charge is 0.355 e. The molecule has 0 bridgehead atoms. The number of fused-ring (bicyclic) bond motifs is 1. The molecular weight excluding hydrogens is 436 g/mol. The molecule has 1 N–H and O–H groups in total. The Morgan fingerprint density at radius 1 is 0.909 bits per heavy atom. The monoisotopic (exact) mass is 470 g/mol. The zero-order valence-electron chi connectivity index (χ0n) is 19.9. The Balaban J connectivity index is 1.64. The molecule has 0 saturated heterocycles. The lowest BCUT2D eigenvalue weighted by atomic mass is 9.99. The van der Waals surface area contributed by atoms with E-state index in [1.165, 1.54) is 44.1 Å². The minimum absolute atomic E-state index is 0.130. The number of likely N-dealkylation sites (N-methyl/N-ethyl adjacent to an activating group) is 1. The van der Waals surface area contributed by atoms with Crippen molar-refractivity contribution in [3.63, 3.8) is 0 Å². The number of carbonyl (C=O) groups is 1. The van der Waals surface area contributed by atoms with Gasteiger partial charge in [-0.15, -0.1) is 0 Å². The summed E-state index contributed by atoms with van der Waals surface area (Å²) in [5, 5.41) is 3.40. The predicted molar refractivity (Wildman–Crippen MR) is 134 cm³/mol. The molecule has 4 rings (SSSR count). The number of hydrogen-bond acceptors (Lipinski definition) is 5. The number of benzene rings is 2. The van der Waals surface area contributed by atoms with E-state index in [0.717, 1.165) is 35.6 Å². The van der Waals surface area contributed by atoms with Gasteiger partial charge >= 0.3 is 0 Å². The molecule has 1 aliphatic heterocycles. The van der Waals surface area contributed by atoms with E-state index in [1.807, 2.05) is 26.1 Å². The lowest BCUT2D eigenvalue weighted by Crippen LogP contribution is -2.54. The van der Waals surface area contributed by atoms with Crippen LogP contribution in [0.25, 0.3) is 0 Å². The first kappa shape index (κ1) is 23.6. The van der Waals surface area contributed by atoms with Gasteiger partial charge in [0.25, 0.3) is 0 Å². The zero-order valence-corrected chi connectivity index (χ0v) is 20.7. The van der Waals surface area contributed by atoms with Crippen LogP contribution in [-0.2, 0) is 14.8 Å². The fourth-order valence-electron chi connectivity index (χ4n) is 4.95. The second-order valence-electron chi connectivity index (χ2n) is 9.27. The van der Waals surface area contributed by atoms with Crippen molar-refractivity contribution in [1.82, 2.24) is 4.31 Å². The molecular formula is C25H34N4O3S. The predicted octanol–water partition coefficient (Wildman–Crippen LogP) is 4.57. The molecule has 1 amide bonds. The zero-order chi connectivity index (χ0) is 23.8. The van der Waals surface area contributed by atoms with Gasteiger partial charge in [-0.25, -0.2) is 12.7 Å². The van der Waals surface area contributed by atoms with Gasteiger partial charge in [-0.3, -0.25) is 4.79 Å². The number of amides is 1. The standard InChI is InChI=1S/C25H34N4O3S/c1-18-25(30)28(4)23-16-13-20(17-24(23)29(18)21-9-7-5-6-8-10-21)26-19-11-14-22(15-12-19)33(31,32)27(2)3/h11-18,21,26H,5-10H2,1-4H3. The smallest absolute Gasteiger partial charge is 0.249 e. The fraction of sp³-hybridized carbons (Fsp3) is 0.480. The molecule has 33 heavy (non-hydrogen) atoms. The maximum Gasteiger partial charge on any atom is 0.249 e. The van der Waals surface area contributed by atoms with Crippen LogP contribution in [0.1, 0.15) is 45.4 Å². The number of rotatable bonds is 5. The molecule has 1 saturated carbocycles. The highest BCUT2D eigenvalue weighted by atomic mass is 32.2. The molecule has 1 fully saturated rings. The van der Waals surface area contributed by atoms with E-state index in [0.29, 0.717) is 6.04 Å². The summed E-state index contributed by atoms with van der Waals surface area (Å²) in [4.78, 5) is 17.3. The summed E-state index contributed by atoms with van der Waals surface area (Å²) in [7, 11) is 1.44. The lowest BCUT2D eigenvalue weighted by molar-refractivity contribution is -0.119. The Labute approximate surface area is 197 Å². The van der Waals surface area contributed by atoms with Crippen molar-refractivity contribution in [2.24, 2.45) is 0 Å².